The second kappa shape index (κ2) is 12.0. The molecular weight excluding hydrogens is 287 g/mol. The Labute approximate surface area is 128 Å². The van der Waals surface area contributed by atoms with Crippen molar-refractivity contribution in [2.75, 3.05) is 12.3 Å². The van der Waals surface area contributed by atoms with Gasteiger partial charge in [-0.2, -0.15) is 8.42 Å². The second-order valence-corrected chi connectivity index (χ2v) is 4.63. The monoisotopic (exact) mass is 300 g/mol. The molecule has 0 aliphatic rings. The molecule has 0 saturated carbocycles. The van der Waals surface area contributed by atoms with Crippen molar-refractivity contribution in [2.24, 2.45) is 5.73 Å². The summed E-state index contributed by atoms with van der Waals surface area (Å²) in [5, 5.41) is 1.12. The van der Waals surface area contributed by atoms with Crippen molar-refractivity contribution >= 4 is 45.9 Å². The summed E-state index contributed by atoms with van der Waals surface area (Å²) in [7, 11) is -3.90. The van der Waals surface area contributed by atoms with E-state index in [-0.39, 0.29) is 49.7 Å². The van der Waals surface area contributed by atoms with Crippen LogP contribution in [0.5, 0.6) is 0 Å². The van der Waals surface area contributed by atoms with Crippen LogP contribution in [-0.4, -0.2) is 35.7 Å². The van der Waals surface area contributed by atoms with Crippen LogP contribution in [0.25, 0.3) is 0 Å². The molecule has 0 bridgehead atoms. The van der Waals surface area contributed by atoms with E-state index < -0.39 is 20.6 Å². The number of carbonyl (C=O) groups excluding carboxylic acids is 2. The van der Waals surface area contributed by atoms with Crippen LogP contribution < -0.4 is 40.6 Å². The van der Waals surface area contributed by atoms with Gasteiger partial charge in [-0.25, -0.2) is 0 Å². The Morgan fingerprint density at radius 1 is 1.38 bits per heavy atom. The number of hydrogen-bond acceptors (Lipinski definition) is 4. The van der Waals surface area contributed by atoms with Crippen LogP contribution in [0.1, 0.15) is 7.85 Å². The normalized spacial score (nSPS) is 9.19. The van der Waals surface area contributed by atoms with Crippen molar-refractivity contribution in [1.82, 2.24) is 5.32 Å². The van der Waals surface area contributed by atoms with Gasteiger partial charge in [-0.05, 0) is 6.42 Å². The molecule has 0 saturated heterocycles. The number of carbonyl (C=O) groups is 2. The largest absolute Gasteiger partial charge is 1.00 e. The minimum atomic E-state index is -3.90. The standard InChI is InChI=1S/C4H9NO4S2.CH3NOS.Na.H/c6-4(10)5-2-1-3-11(7,8)9;2-1(3)4;;/h1-3H2,(H2,5,6,10)(H,7,8,9);(H3,2,3,4);;/q;;+1;-1. The molecule has 0 aromatic carbocycles. The average molecular weight is 300 g/mol. The van der Waals surface area contributed by atoms with Gasteiger partial charge in [0.25, 0.3) is 20.6 Å². The summed E-state index contributed by atoms with van der Waals surface area (Å²) in [5.41, 5.74) is 4.34. The number of amides is 2. The third kappa shape index (κ3) is 36.5. The predicted octanol–water partition coefficient (Wildman–Crippen LogP) is -2.98. The Hall–Kier alpha value is 0.550. The van der Waals surface area contributed by atoms with E-state index in [0.29, 0.717) is 0 Å². The molecule has 11 heteroatoms. The molecule has 0 rings (SSSR count). The van der Waals surface area contributed by atoms with E-state index in [0.717, 1.165) is 0 Å². The van der Waals surface area contributed by atoms with E-state index >= 15 is 0 Å². The average Bonchev–Trinajstić information content (AvgIpc) is 1.95. The number of nitrogens with one attached hydrogen (secondary N) is 1. The number of nitrogens with two attached hydrogens (primary N) is 1. The summed E-state index contributed by atoms with van der Waals surface area (Å²) in [6, 6.07) is 0. The maximum atomic E-state index is 10.1. The Kier molecular flexibility index (Phi) is 16.4. The van der Waals surface area contributed by atoms with Crippen LogP contribution in [0.2, 0.25) is 0 Å². The number of rotatable bonds is 4. The SMILES string of the molecule is NC(=O)S.O=C(S)NCCCS(=O)(=O)O.[H-].[Na+]. The summed E-state index contributed by atoms with van der Waals surface area (Å²) >= 11 is 6.49. The number of hydrogen-bond donors (Lipinski definition) is 5. The van der Waals surface area contributed by atoms with E-state index in [9.17, 15) is 13.2 Å². The van der Waals surface area contributed by atoms with Gasteiger partial charge in [0.15, 0.2) is 0 Å². The molecule has 4 N–H and O–H groups in total. The Morgan fingerprint density at radius 3 is 2.00 bits per heavy atom. The van der Waals surface area contributed by atoms with Gasteiger partial charge in [0.05, 0.1) is 5.75 Å². The van der Waals surface area contributed by atoms with Gasteiger partial charge in [-0.1, -0.05) is 25.3 Å². The molecule has 0 aliphatic carbocycles. The zero-order valence-electron chi connectivity index (χ0n) is 9.58. The van der Waals surface area contributed by atoms with Crippen molar-refractivity contribution < 1.29 is 53.5 Å². The maximum Gasteiger partial charge on any atom is 1.00 e. The predicted molar refractivity (Wildman–Crippen MR) is 63.1 cm³/mol. The van der Waals surface area contributed by atoms with Crippen LogP contribution in [-0.2, 0) is 10.1 Å². The summed E-state index contributed by atoms with van der Waals surface area (Å²) in [6.07, 6.45) is 0.186. The minimum absolute atomic E-state index is 0. The summed E-state index contributed by atoms with van der Waals surface area (Å²) < 4.78 is 28.4. The smallest absolute Gasteiger partial charge is 1.00 e. The first kappa shape index (κ1) is 21.8. The summed E-state index contributed by atoms with van der Waals surface area (Å²) in [4.78, 5) is 19.2. The number of thiol groups is 2. The van der Waals surface area contributed by atoms with Crippen molar-refractivity contribution in [3.63, 3.8) is 0 Å². The molecule has 0 fully saturated rings. The van der Waals surface area contributed by atoms with Crippen molar-refractivity contribution in [3.8, 4) is 0 Å². The zero-order valence-corrected chi connectivity index (χ0v) is 13.2. The van der Waals surface area contributed by atoms with Gasteiger partial charge >= 0.3 is 29.6 Å². The number of primary amides is 1. The van der Waals surface area contributed by atoms with Gasteiger partial charge in [0.2, 0.25) is 0 Å². The fourth-order valence-electron chi connectivity index (χ4n) is 0.450. The van der Waals surface area contributed by atoms with Crippen LogP contribution >= 0.6 is 25.3 Å². The van der Waals surface area contributed by atoms with E-state index in [1.54, 1.807) is 0 Å². The Bertz CT molecular complexity index is 309. The van der Waals surface area contributed by atoms with Crippen LogP contribution in [0.4, 0.5) is 9.59 Å². The van der Waals surface area contributed by atoms with Crippen LogP contribution in [0.3, 0.4) is 0 Å². The molecular formula is C5H13N2NaO5S3. The molecule has 0 spiro atoms. The van der Waals surface area contributed by atoms with Crippen molar-refractivity contribution in [3.05, 3.63) is 0 Å². The Balaban J connectivity index is -0.000000123. The van der Waals surface area contributed by atoms with E-state index in [4.69, 9.17) is 9.35 Å². The quantitative estimate of drug-likeness (QED) is 0.164. The fraction of sp³-hybridized carbons (Fsp3) is 0.600. The molecule has 0 radical (unpaired) electrons. The van der Waals surface area contributed by atoms with Crippen molar-refractivity contribution in [1.29, 1.82) is 0 Å². The van der Waals surface area contributed by atoms with E-state index in [2.05, 4.69) is 36.3 Å². The molecule has 0 aromatic heterocycles. The first-order valence-corrected chi connectivity index (χ1v) is 6.06. The van der Waals surface area contributed by atoms with Gasteiger partial charge in [0, 0.05) is 6.54 Å². The van der Waals surface area contributed by atoms with Crippen LogP contribution in [0, 0.1) is 0 Å². The molecule has 0 aromatic rings. The molecule has 16 heavy (non-hydrogen) atoms. The molecule has 92 valence electrons. The third-order valence-electron chi connectivity index (χ3n) is 0.855. The third-order valence-corrected chi connectivity index (χ3v) is 1.82. The van der Waals surface area contributed by atoms with Crippen LogP contribution in [0.15, 0.2) is 0 Å². The molecule has 7 nitrogen and oxygen atoms in total. The van der Waals surface area contributed by atoms with Crippen molar-refractivity contribution in [2.45, 2.75) is 6.42 Å². The fourth-order valence-corrected chi connectivity index (χ4v) is 1.07. The van der Waals surface area contributed by atoms with E-state index in [1.165, 1.54) is 0 Å². The minimum Gasteiger partial charge on any atom is -1.00 e. The molecule has 0 atom stereocenters. The molecule has 0 heterocycles. The summed E-state index contributed by atoms with van der Waals surface area (Å²) in [5.74, 6) is -0.346. The van der Waals surface area contributed by atoms with Gasteiger partial charge in [-0.3, -0.25) is 14.1 Å². The summed E-state index contributed by atoms with van der Waals surface area (Å²) in [6.45, 7) is 0.197. The first-order valence-electron chi connectivity index (χ1n) is 3.55. The molecule has 0 unspecified atom stereocenters. The van der Waals surface area contributed by atoms with E-state index in [1.807, 2.05) is 0 Å². The Morgan fingerprint density at radius 2 is 1.75 bits per heavy atom. The topological polar surface area (TPSA) is 127 Å². The van der Waals surface area contributed by atoms with Gasteiger partial charge in [0.1, 0.15) is 0 Å². The molecule has 0 aliphatic heterocycles. The van der Waals surface area contributed by atoms with Gasteiger partial charge < -0.3 is 12.5 Å². The second-order valence-electron chi connectivity index (χ2n) is 2.21. The first-order chi connectivity index (χ1) is 6.65. The molecule has 2 amide bonds. The maximum absolute atomic E-state index is 10.1. The van der Waals surface area contributed by atoms with Gasteiger partial charge in [-0.15, -0.1) is 0 Å². The zero-order chi connectivity index (χ0) is 12.5.